The van der Waals surface area contributed by atoms with Gasteiger partial charge in [0.05, 0.1) is 5.52 Å². The molecular weight excluding hydrogens is 252 g/mol. The second-order valence-electron chi connectivity index (χ2n) is 5.20. The van der Waals surface area contributed by atoms with E-state index in [1.54, 1.807) is 0 Å². The molecule has 0 aliphatic heterocycles. The first-order valence-corrected chi connectivity index (χ1v) is 7.84. The molecule has 0 aliphatic carbocycles. The van der Waals surface area contributed by atoms with Crippen LogP contribution in [0.2, 0.25) is 0 Å². The lowest BCUT2D eigenvalue weighted by Crippen LogP contribution is -2.07. The smallest absolute Gasteiger partial charge is 0.130 e. The Bertz CT molecular complexity index is 551. The minimum Gasteiger partial charge on any atom is -0.373 e. The molecular formula is C16H22N2S. The summed E-state index contributed by atoms with van der Waals surface area (Å²) in [4.78, 5) is 4.69. The molecule has 2 rings (SSSR count). The highest BCUT2D eigenvalue weighted by Gasteiger charge is 2.11. The number of anilines is 1. The van der Waals surface area contributed by atoms with E-state index in [-0.39, 0.29) is 0 Å². The van der Waals surface area contributed by atoms with Gasteiger partial charge in [-0.1, -0.05) is 39.0 Å². The van der Waals surface area contributed by atoms with E-state index in [0.717, 1.165) is 17.1 Å². The highest BCUT2D eigenvalue weighted by Crippen LogP contribution is 2.28. The Hall–Kier alpha value is -1.22. The summed E-state index contributed by atoms with van der Waals surface area (Å²) in [6.45, 7) is 6.84. The Balaban J connectivity index is 2.25. The van der Waals surface area contributed by atoms with Gasteiger partial charge in [0.25, 0.3) is 0 Å². The van der Waals surface area contributed by atoms with Crippen molar-refractivity contribution in [3.05, 3.63) is 35.9 Å². The minimum atomic E-state index is 0.663. The van der Waals surface area contributed by atoms with Crippen molar-refractivity contribution in [2.24, 2.45) is 5.92 Å². The molecule has 102 valence electrons. The summed E-state index contributed by atoms with van der Waals surface area (Å²) in [5.41, 5.74) is 2.34. The van der Waals surface area contributed by atoms with Crippen molar-refractivity contribution in [2.75, 3.05) is 12.4 Å². The summed E-state index contributed by atoms with van der Waals surface area (Å²) in [6.07, 6.45) is 0. The van der Waals surface area contributed by atoms with Gasteiger partial charge in [-0.3, -0.25) is 0 Å². The summed E-state index contributed by atoms with van der Waals surface area (Å²) in [7, 11) is 1.94. The van der Waals surface area contributed by atoms with Crippen molar-refractivity contribution >= 4 is 28.5 Å². The van der Waals surface area contributed by atoms with E-state index in [4.69, 9.17) is 4.98 Å². The summed E-state index contributed by atoms with van der Waals surface area (Å²) in [6, 6.07) is 10.5. The molecule has 3 heteroatoms. The van der Waals surface area contributed by atoms with Gasteiger partial charge in [-0.15, -0.1) is 0 Å². The third-order valence-electron chi connectivity index (χ3n) is 3.48. The van der Waals surface area contributed by atoms with Gasteiger partial charge >= 0.3 is 0 Å². The van der Waals surface area contributed by atoms with Gasteiger partial charge in [-0.25, -0.2) is 4.98 Å². The molecule has 1 unspecified atom stereocenters. The molecule has 0 radical (unpaired) electrons. The number of benzene rings is 1. The molecule has 0 aliphatic rings. The Labute approximate surface area is 120 Å². The maximum Gasteiger partial charge on any atom is 0.130 e. The number of fused-ring (bicyclic) bond motifs is 1. The standard InChI is InChI=1S/C16H22N2S/c1-11(2)12(3)19-10-14-9-13-7-5-6-8-15(13)18-16(14)17-4/h5-9,11-12H,10H2,1-4H3,(H,17,18). The molecule has 2 nitrogen and oxygen atoms in total. The molecule has 0 bridgehead atoms. The average molecular weight is 274 g/mol. The predicted molar refractivity (Wildman–Crippen MR) is 86.9 cm³/mol. The number of hydrogen-bond donors (Lipinski definition) is 1. The fourth-order valence-corrected chi connectivity index (χ4v) is 2.95. The maximum atomic E-state index is 4.69. The van der Waals surface area contributed by atoms with E-state index in [1.165, 1.54) is 10.9 Å². The molecule has 1 heterocycles. The van der Waals surface area contributed by atoms with Crippen LogP contribution in [-0.4, -0.2) is 17.3 Å². The van der Waals surface area contributed by atoms with Crippen LogP contribution in [-0.2, 0) is 5.75 Å². The van der Waals surface area contributed by atoms with Crippen LogP contribution < -0.4 is 5.32 Å². The summed E-state index contributed by atoms with van der Waals surface area (Å²) >= 11 is 2.00. The van der Waals surface area contributed by atoms with Crippen molar-refractivity contribution in [1.82, 2.24) is 4.98 Å². The van der Waals surface area contributed by atoms with Gasteiger partial charge in [0.1, 0.15) is 5.82 Å². The van der Waals surface area contributed by atoms with Crippen molar-refractivity contribution in [3.63, 3.8) is 0 Å². The number of nitrogens with one attached hydrogen (secondary N) is 1. The number of hydrogen-bond acceptors (Lipinski definition) is 3. The molecule has 1 atom stereocenters. The van der Waals surface area contributed by atoms with Gasteiger partial charge in [0, 0.05) is 29.0 Å². The van der Waals surface area contributed by atoms with Crippen LogP contribution in [0, 0.1) is 5.92 Å². The third-order valence-corrected chi connectivity index (χ3v) is 5.03. The first-order chi connectivity index (χ1) is 9.11. The lowest BCUT2D eigenvalue weighted by molar-refractivity contribution is 0.642. The van der Waals surface area contributed by atoms with E-state index in [1.807, 2.05) is 24.9 Å². The van der Waals surface area contributed by atoms with E-state index in [9.17, 15) is 0 Å². The van der Waals surface area contributed by atoms with Crippen LogP contribution in [0.5, 0.6) is 0 Å². The van der Waals surface area contributed by atoms with Gasteiger partial charge in [0.15, 0.2) is 0 Å². The highest BCUT2D eigenvalue weighted by molar-refractivity contribution is 7.99. The Kier molecular flexibility index (Phi) is 4.70. The molecule has 19 heavy (non-hydrogen) atoms. The summed E-state index contributed by atoms with van der Waals surface area (Å²) in [5.74, 6) is 2.71. The van der Waals surface area contributed by atoms with Gasteiger partial charge in [0.2, 0.25) is 0 Å². The minimum absolute atomic E-state index is 0.663. The van der Waals surface area contributed by atoms with Crippen molar-refractivity contribution in [3.8, 4) is 0 Å². The van der Waals surface area contributed by atoms with Gasteiger partial charge in [-0.05, 0) is 18.1 Å². The van der Waals surface area contributed by atoms with E-state index >= 15 is 0 Å². The molecule has 1 aromatic carbocycles. The Morgan fingerprint density at radius 3 is 2.63 bits per heavy atom. The lowest BCUT2D eigenvalue weighted by atomic mass is 10.1. The van der Waals surface area contributed by atoms with Crippen LogP contribution in [0.15, 0.2) is 30.3 Å². The number of thioether (sulfide) groups is 1. The molecule has 0 amide bonds. The Morgan fingerprint density at radius 2 is 1.95 bits per heavy atom. The SMILES string of the molecule is CNc1nc2ccccc2cc1CSC(C)C(C)C. The van der Waals surface area contributed by atoms with E-state index in [2.05, 4.69) is 50.4 Å². The topological polar surface area (TPSA) is 24.9 Å². The highest BCUT2D eigenvalue weighted by atomic mass is 32.2. The number of rotatable bonds is 5. The van der Waals surface area contributed by atoms with E-state index in [0.29, 0.717) is 11.2 Å². The summed E-state index contributed by atoms with van der Waals surface area (Å²) < 4.78 is 0. The van der Waals surface area contributed by atoms with Crippen LogP contribution in [0.4, 0.5) is 5.82 Å². The number of para-hydroxylation sites is 1. The first kappa shape index (κ1) is 14.2. The molecule has 0 saturated heterocycles. The number of nitrogens with zero attached hydrogens (tertiary/aromatic N) is 1. The third kappa shape index (κ3) is 3.41. The molecule has 0 fully saturated rings. The van der Waals surface area contributed by atoms with Crippen LogP contribution in [0.3, 0.4) is 0 Å². The molecule has 0 saturated carbocycles. The lowest BCUT2D eigenvalue weighted by Gasteiger charge is -2.16. The molecule has 1 N–H and O–H groups in total. The maximum absolute atomic E-state index is 4.69. The summed E-state index contributed by atoms with van der Waals surface area (Å²) in [5, 5.41) is 5.10. The van der Waals surface area contributed by atoms with Crippen molar-refractivity contribution < 1.29 is 0 Å². The normalized spacial score (nSPS) is 12.9. The van der Waals surface area contributed by atoms with Crippen LogP contribution >= 0.6 is 11.8 Å². The van der Waals surface area contributed by atoms with Crippen molar-refractivity contribution in [1.29, 1.82) is 0 Å². The first-order valence-electron chi connectivity index (χ1n) is 6.80. The number of aromatic nitrogens is 1. The van der Waals surface area contributed by atoms with Crippen molar-refractivity contribution in [2.45, 2.75) is 31.8 Å². The molecule has 0 spiro atoms. The number of pyridine rings is 1. The van der Waals surface area contributed by atoms with Gasteiger partial charge in [-0.2, -0.15) is 11.8 Å². The molecule has 2 aromatic rings. The monoisotopic (exact) mass is 274 g/mol. The zero-order valence-electron chi connectivity index (χ0n) is 12.1. The molecule has 1 aromatic heterocycles. The predicted octanol–water partition coefficient (Wildman–Crippen LogP) is 4.55. The van der Waals surface area contributed by atoms with Crippen LogP contribution in [0.25, 0.3) is 10.9 Å². The fraction of sp³-hybridized carbons (Fsp3) is 0.438. The average Bonchev–Trinajstić information content (AvgIpc) is 2.43. The van der Waals surface area contributed by atoms with E-state index < -0.39 is 0 Å². The fourth-order valence-electron chi connectivity index (χ4n) is 1.90. The largest absolute Gasteiger partial charge is 0.373 e. The second kappa shape index (κ2) is 6.29. The quantitative estimate of drug-likeness (QED) is 0.865. The van der Waals surface area contributed by atoms with Gasteiger partial charge < -0.3 is 5.32 Å². The Morgan fingerprint density at radius 1 is 1.21 bits per heavy atom. The zero-order chi connectivity index (χ0) is 13.8. The second-order valence-corrected chi connectivity index (χ2v) is 6.56. The van der Waals surface area contributed by atoms with Crippen LogP contribution in [0.1, 0.15) is 26.3 Å². The zero-order valence-corrected chi connectivity index (χ0v) is 12.9.